The van der Waals surface area contributed by atoms with Gasteiger partial charge in [0.25, 0.3) is 0 Å². The number of fused-ring (bicyclic) bond motifs is 1. The van der Waals surface area contributed by atoms with E-state index in [1.807, 2.05) is 12.1 Å². The van der Waals surface area contributed by atoms with Crippen LogP contribution in [0.5, 0.6) is 0 Å². The Bertz CT molecular complexity index is 654. The van der Waals surface area contributed by atoms with E-state index < -0.39 is 5.97 Å². The minimum Gasteiger partial charge on any atom is -0.481 e. The zero-order valence-electron chi connectivity index (χ0n) is 12.3. The van der Waals surface area contributed by atoms with Crippen LogP contribution in [-0.2, 0) is 4.79 Å². The Labute approximate surface area is 137 Å². The van der Waals surface area contributed by atoms with Crippen LogP contribution in [0.1, 0.15) is 33.2 Å². The molecule has 1 aromatic heterocycles. The number of aliphatic carboxylic acids is 1. The third kappa shape index (κ3) is 3.61. The second kappa shape index (κ2) is 6.83. The molecule has 4 nitrogen and oxygen atoms in total. The predicted molar refractivity (Wildman–Crippen MR) is 90.0 cm³/mol. The average molecular weight is 371 g/mol. The Morgan fingerprint density at radius 1 is 1.48 bits per heavy atom. The summed E-state index contributed by atoms with van der Waals surface area (Å²) in [4.78, 5) is 15.5. The van der Waals surface area contributed by atoms with Gasteiger partial charge in [0.2, 0.25) is 0 Å². The van der Waals surface area contributed by atoms with Crippen LogP contribution >= 0.6 is 27.7 Å². The van der Waals surface area contributed by atoms with Gasteiger partial charge >= 0.3 is 5.97 Å². The van der Waals surface area contributed by atoms with Crippen LogP contribution in [0, 0.1) is 5.92 Å². The van der Waals surface area contributed by atoms with Crippen LogP contribution in [0.4, 0.5) is 0 Å². The van der Waals surface area contributed by atoms with E-state index >= 15 is 0 Å². The van der Waals surface area contributed by atoms with E-state index in [1.54, 1.807) is 0 Å². The molecular weight excluding hydrogens is 352 g/mol. The molecule has 0 fully saturated rings. The molecule has 114 valence electrons. The summed E-state index contributed by atoms with van der Waals surface area (Å²) in [6.45, 7) is 6.52. The fourth-order valence-corrected chi connectivity index (χ4v) is 3.68. The standard InChI is InChI=1S/C15H19BrN2O2S/c1-4-12(9(2)3)18-13-7-10(16)5-6-11(13)17-15(18)21-8-14(19)20/h5-7,9,12H,4,8H2,1-3H3,(H,19,20). The van der Waals surface area contributed by atoms with Crippen LogP contribution in [0.15, 0.2) is 27.8 Å². The highest BCUT2D eigenvalue weighted by Gasteiger charge is 2.21. The Balaban J connectivity index is 2.57. The number of aromatic nitrogens is 2. The van der Waals surface area contributed by atoms with E-state index in [4.69, 9.17) is 5.11 Å². The first-order chi connectivity index (χ1) is 9.93. The molecule has 2 rings (SSSR count). The fourth-order valence-electron chi connectivity index (χ4n) is 2.54. The fraction of sp³-hybridized carbons (Fsp3) is 0.467. The van der Waals surface area contributed by atoms with E-state index in [0.29, 0.717) is 12.0 Å². The monoisotopic (exact) mass is 370 g/mol. The van der Waals surface area contributed by atoms with Crippen molar-refractivity contribution in [2.45, 2.75) is 38.4 Å². The summed E-state index contributed by atoms with van der Waals surface area (Å²) in [5, 5.41) is 9.71. The maximum Gasteiger partial charge on any atom is 0.313 e. The number of nitrogens with zero attached hydrogens (tertiary/aromatic N) is 2. The second-order valence-corrected chi connectivity index (χ2v) is 7.16. The number of hydrogen-bond donors (Lipinski definition) is 1. The van der Waals surface area contributed by atoms with Crippen molar-refractivity contribution in [3.8, 4) is 0 Å². The van der Waals surface area contributed by atoms with Crippen molar-refractivity contribution in [3.05, 3.63) is 22.7 Å². The van der Waals surface area contributed by atoms with Crippen molar-refractivity contribution in [1.29, 1.82) is 0 Å². The lowest BCUT2D eigenvalue weighted by molar-refractivity contribution is -0.133. The third-order valence-corrected chi connectivity index (χ3v) is 4.89. The summed E-state index contributed by atoms with van der Waals surface area (Å²) in [6, 6.07) is 6.29. The molecule has 1 aromatic carbocycles. The number of hydrogen-bond acceptors (Lipinski definition) is 3. The Morgan fingerprint density at radius 3 is 2.76 bits per heavy atom. The summed E-state index contributed by atoms with van der Waals surface area (Å²) in [5.41, 5.74) is 1.96. The third-order valence-electron chi connectivity index (χ3n) is 3.46. The first-order valence-electron chi connectivity index (χ1n) is 6.96. The largest absolute Gasteiger partial charge is 0.481 e. The number of carbonyl (C=O) groups is 1. The molecule has 0 saturated carbocycles. The Kier molecular flexibility index (Phi) is 5.32. The zero-order valence-corrected chi connectivity index (χ0v) is 14.7. The van der Waals surface area contributed by atoms with E-state index in [2.05, 4.69) is 52.3 Å². The smallest absolute Gasteiger partial charge is 0.313 e. The highest BCUT2D eigenvalue weighted by atomic mass is 79.9. The molecule has 0 aliphatic rings. The summed E-state index contributed by atoms with van der Waals surface area (Å²) >= 11 is 4.79. The van der Waals surface area contributed by atoms with Crippen molar-refractivity contribution in [2.24, 2.45) is 5.92 Å². The van der Waals surface area contributed by atoms with Gasteiger partial charge in [-0.1, -0.05) is 48.5 Å². The maximum atomic E-state index is 10.9. The maximum absolute atomic E-state index is 10.9. The van der Waals surface area contributed by atoms with Crippen LogP contribution in [0.2, 0.25) is 0 Å². The van der Waals surface area contributed by atoms with Crippen molar-refractivity contribution in [2.75, 3.05) is 5.75 Å². The van der Waals surface area contributed by atoms with E-state index in [1.165, 1.54) is 11.8 Å². The predicted octanol–water partition coefficient (Wildman–Crippen LogP) is 4.58. The molecule has 0 spiro atoms. The van der Waals surface area contributed by atoms with Gasteiger partial charge in [-0.05, 0) is 30.5 Å². The summed E-state index contributed by atoms with van der Waals surface area (Å²) in [5.74, 6) is -0.341. The molecule has 0 radical (unpaired) electrons. The molecule has 0 aliphatic heterocycles. The normalized spacial score (nSPS) is 13.0. The van der Waals surface area contributed by atoms with Crippen LogP contribution in [-0.4, -0.2) is 26.4 Å². The summed E-state index contributed by atoms with van der Waals surface area (Å²) in [7, 11) is 0. The first-order valence-corrected chi connectivity index (χ1v) is 8.74. The minimum absolute atomic E-state index is 0.0268. The van der Waals surface area contributed by atoms with Gasteiger partial charge in [-0.2, -0.15) is 0 Å². The lowest BCUT2D eigenvalue weighted by atomic mass is 10.0. The molecule has 0 bridgehead atoms. The van der Waals surface area contributed by atoms with Crippen molar-refractivity contribution in [3.63, 3.8) is 0 Å². The molecule has 6 heteroatoms. The number of benzene rings is 1. The van der Waals surface area contributed by atoms with E-state index in [9.17, 15) is 4.79 Å². The lowest BCUT2D eigenvalue weighted by Gasteiger charge is -2.23. The van der Waals surface area contributed by atoms with Crippen molar-refractivity contribution < 1.29 is 9.90 Å². The number of thioether (sulfide) groups is 1. The molecule has 1 unspecified atom stereocenters. The lowest BCUT2D eigenvalue weighted by Crippen LogP contribution is -2.15. The summed E-state index contributed by atoms with van der Waals surface area (Å²) < 4.78 is 3.20. The van der Waals surface area contributed by atoms with Gasteiger partial charge in [0.05, 0.1) is 16.8 Å². The summed E-state index contributed by atoms with van der Waals surface area (Å²) in [6.07, 6.45) is 0.982. The molecule has 0 amide bonds. The van der Waals surface area contributed by atoms with Crippen LogP contribution in [0.3, 0.4) is 0 Å². The van der Waals surface area contributed by atoms with Gasteiger partial charge in [0.15, 0.2) is 5.16 Å². The molecule has 2 aromatic rings. The SMILES string of the molecule is CCC(C(C)C)n1c(SCC(=O)O)nc2ccc(Br)cc21. The molecule has 1 N–H and O–H groups in total. The zero-order chi connectivity index (χ0) is 15.6. The average Bonchev–Trinajstić information content (AvgIpc) is 2.75. The second-order valence-electron chi connectivity index (χ2n) is 5.30. The topological polar surface area (TPSA) is 55.1 Å². The molecule has 1 heterocycles. The highest BCUT2D eigenvalue weighted by Crippen LogP contribution is 2.33. The number of halogens is 1. The van der Waals surface area contributed by atoms with E-state index in [0.717, 1.165) is 27.1 Å². The molecule has 21 heavy (non-hydrogen) atoms. The molecule has 0 saturated heterocycles. The van der Waals surface area contributed by atoms with E-state index in [-0.39, 0.29) is 5.75 Å². The van der Waals surface area contributed by atoms with Gasteiger partial charge in [0.1, 0.15) is 0 Å². The van der Waals surface area contributed by atoms with Crippen molar-refractivity contribution >= 4 is 44.7 Å². The van der Waals surface area contributed by atoms with Gasteiger partial charge in [0, 0.05) is 10.5 Å². The molecular formula is C15H19BrN2O2S. The number of imidazole rings is 1. The van der Waals surface area contributed by atoms with Crippen LogP contribution < -0.4 is 0 Å². The Morgan fingerprint density at radius 2 is 2.19 bits per heavy atom. The number of carboxylic acids is 1. The van der Waals surface area contributed by atoms with Gasteiger partial charge < -0.3 is 9.67 Å². The first kappa shape index (κ1) is 16.4. The molecule has 0 aliphatic carbocycles. The quantitative estimate of drug-likeness (QED) is 0.755. The number of carboxylic acid groups (broad SMARTS) is 1. The van der Waals surface area contributed by atoms with Gasteiger partial charge in [-0.25, -0.2) is 4.98 Å². The van der Waals surface area contributed by atoms with Crippen molar-refractivity contribution in [1.82, 2.24) is 9.55 Å². The number of rotatable bonds is 6. The van der Waals surface area contributed by atoms with Gasteiger partial charge in [-0.15, -0.1) is 0 Å². The Hall–Kier alpha value is -1.01. The van der Waals surface area contributed by atoms with Gasteiger partial charge in [-0.3, -0.25) is 4.79 Å². The van der Waals surface area contributed by atoms with Crippen LogP contribution in [0.25, 0.3) is 11.0 Å². The highest BCUT2D eigenvalue weighted by molar-refractivity contribution is 9.10. The molecule has 1 atom stereocenters. The minimum atomic E-state index is -0.822.